The van der Waals surface area contributed by atoms with Gasteiger partial charge in [-0.3, -0.25) is 4.79 Å². The zero-order valence-electron chi connectivity index (χ0n) is 10.1. The molecular formula is C14H18N2O. The summed E-state index contributed by atoms with van der Waals surface area (Å²) in [4.78, 5) is 11.9. The predicted molar refractivity (Wildman–Crippen MR) is 70.0 cm³/mol. The van der Waals surface area contributed by atoms with Gasteiger partial charge >= 0.3 is 0 Å². The van der Waals surface area contributed by atoms with Crippen LogP contribution in [0.15, 0.2) is 36.4 Å². The number of hydrogen-bond donors (Lipinski definition) is 2. The fraction of sp³-hybridized carbons (Fsp3) is 0.357. The Hall–Kier alpha value is -1.77. The summed E-state index contributed by atoms with van der Waals surface area (Å²) in [5.74, 6) is 0.0886. The zero-order valence-corrected chi connectivity index (χ0v) is 10.1. The second-order valence-corrected chi connectivity index (χ2v) is 4.21. The van der Waals surface area contributed by atoms with Gasteiger partial charge in [-0.15, -0.1) is 0 Å². The van der Waals surface area contributed by atoms with Gasteiger partial charge in [-0.2, -0.15) is 0 Å². The van der Waals surface area contributed by atoms with E-state index in [1.165, 1.54) is 5.56 Å². The van der Waals surface area contributed by atoms with Crippen LogP contribution in [0.4, 0.5) is 5.69 Å². The average Bonchev–Trinajstić information content (AvgIpc) is 2.78. The third-order valence-corrected chi connectivity index (χ3v) is 2.93. The van der Waals surface area contributed by atoms with E-state index in [1.807, 2.05) is 31.2 Å². The maximum Gasteiger partial charge on any atom is 0.242 e. The third-order valence-electron chi connectivity index (χ3n) is 2.93. The highest BCUT2D eigenvalue weighted by Gasteiger charge is 2.25. The van der Waals surface area contributed by atoms with Crippen molar-refractivity contribution in [3.05, 3.63) is 42.0 Å². The first-order valence-corrected chi connectivity index (χ1v) is 6.04. The lowest BCUT2D eigenvalue weighted by molar-refractivity contribution is -0.121. The fourth-order valence-corrected chi connectivity index (χ4v) is 2.02. The smallest absolute Gasteiger partial charge is 0.242 e. The number of benzene rings is 1. The standard InChI is InChI=1S/C14H18N2O/c1-2-3-6-9-15-14(17)13-10-11-7-4-5-8-12(11)16-13/h2-5,7-8,13,16H,6,9-10H2,1H3,(H,15,17)/b3-2+/t13-/m0/s1. The molecule has 1 aliphatic heterocycles. The third kappa shape index (κ3) is 2.87. The van der Waals surface area contributed by atoms with Crippen LogP contribution in [-0.2, 0) is 11.2 Å². The number of para-hydroxylation sites is 1. The molecule has 0 unspecified atom stereocenters. The van der Waals surface area contributed by atoms with Crippen LogP contribution in [0.5, 0.6) is 0 Å². The molecule has 1 heterocycles. The lowest BCUT2D eigenvalue weighted by Crippen LogP contribution is -2.38. The normalized spacial score (nSPS) is 17.8. The maximum atomic E-state index is 11.9. The molecule has 0 saturated carbocycles. The van der Waals surface area contributed by atoms with Gasteiger partial charge in [0.05, 0.1) is 0 Å². The minimum absolute atomic E-state index is 0.0886. The molecule has 90 valence electrons. The number of anilines is 1. The molecule has 1 atom stereocenters. The Morgan fingerprint density at radius 2 is 2.35 bits per heavy atom. The van der Waals surface area contributed by atoms with Gasteiger partial charge in [0.2, 0.25) is 5.91 Å². The molecule has 1 aliphatic rings. The predicted octanol–water partition coefficient (Wildman–Crippen LogP) is 2.11. The van der Waals surface area contributed by atoms with Crippen molar-refractivity contribution in [1.29, 1.82) is 0 Å². The molecule has 0 saturated heterocycles. The van der Waals surface area contributed by atoms with Gasteiger partial charge in [-0.05, 0) is 25.0 Å². The summed E-state index contributed by atoms with van der Waals surface area (Å²) in [6, 6.07) is 7.96. The Balaban J connectivity index is 1.84. The molecule has 3 nitrogen and oxygen atoms in total. The van der Waals surface area contributed by atoms with Crippen molar-refractivity contribution in [2.75, 3.05) is 11.9 Å². The summed E-state index contributed by atoms with van der Waals surface area (Å²) in [6.07, 6.45) is 5.72. The van der Waals surface area contributed by atoms with Crippen LogP contribution >= 0.6 is 0 Å². The molecule has 2 N–H and O–H groups in total. The molecule has 17 heavy (non-hydrogen) atoms. The first kappa shape index (κ1) is 11.7. The highest BCUT2D eigenvalue weighted by molar-refractivity contribution is 5.87. The fourth-order valence-electron chi connectivity index (χ4n) is 2.02. The zero-order chi connectivity index (χ0) is 12.1. The Morgan fingerprint density at radius 1 is 1.53 bits per heavy atom. The minimum atomic E-state index is -0.113. The minimum Gasteiger partial charge on any atom is -0.373 e. The number of hydrogen-bond acceptors (Lipinski definition) is 2. The Kier molecular flexibility index (Phi) is 3.81. The van der Waals surface area contributed by atoms with Crippen molar-refractivity contribution >= 4 is 11.6 Å². The van der Waals surface area contributed by atoms with E-state index in [-0.39, 0.29) is 11.9 Å². The lowest BCUT2D eigenvalue weighted by atomic mass is 10.1. The van der Waals surface area contributed by atoms with Crippen molar-refractivity contribution in [2.24, 2.45) is 0 Å². The molecule has 0 spiro atoms. The molecular weight excluding hydrogens is 212 g/mol. The SMILES string of the molecule is C/C=C/CCNC(=O)[C@@H]1Cc2ccccc2N1. The average molecular weight is 230 g/mol. The Bertz CT molecular complexity index is 401. The van der Waals surface area contributed by atoms with Crippen LogP contribution in [0.2, 0.25) is 0 Å². The van der Waals surface area contributed by atoms with E-state index in [1.54, 1.807) is 0 Å². The van der Waals surface area contributed by atoms with Crippen molar-refractivity contribution in [2.45, 2.75) is 25.8 Å². The Morgan fingerprint density at radius 3 is 3.12 bits per heavy atom. The maximum absolute atomic E-state index is 11.9. The molecule has 1 aromatic rings. The first-order chi connectivity index (χ1) is 8.31. The van der Waals surface area contributed by atoms with Crippen LogP contribution in [0.25, 0.3) is 0 Å². The van der Waals surface area contributed by atoms with Gasteiger partial charge in [0.25, 0.3) is 0 Å². The van der Waals surface area contributed by atoms with Gasteiger partial charge < -0.3 is 10.6 Å². The van der Waals surface area contributed by atoms with E-state index < -0.39 is 0 Å². The number of nitrogens with one attached hydrogen (secondary N) is 2. The highest BCUT2D eigenvalue weighted by atomic mass is 16.2. The molecule has 0 aromatic heterocycles. The molecule has 1 aromatic carbocycles. The molecule has 3 heteroatoms. The van der Waals surface area contributed by atoms with E-state index in [9.17, 15) is 4.79 Å². The van der Waals surface area contributed by atoms with Crippen LogP contribution in [0.1, 0.15) is 18.9 Å². The first-order valence-electron chi connectivity index (χ1n) is 6.04. The summed E-state index contributed by atoms with van der Waals surface area (Å²) < 4.78 is 0. The van der Waals surface area contributed by atoms with Gasteiger partial charge in [-0.1, -0.05) is 30.4 Å². The topological polar surface area (TPSA) is 41.1 Å². The van der Waals surface area contributed by atoms with E-state index in [2.05, 4.69) is 22.8 Å². The number of allylic oxidation sites excluding steroid dienone is 1. The largest absolute Gasteiger partial charge is 0.373 e. The van der Waals surface area contributed by atoms with E-state index in [0.29, 0.717) is 6.54 Å². The summed E-state index contributed by atoms with van der Waals surface area (Å²) in [5, 5.41) is 6.19. The van der Waals surface area contributed by atoms with Gasteiger partial charge in [-0.25, -0.2) is 0 Å². The molecule has 0 radical (unpaired) electrons. The van der Waals surface area contributed by atoms with Gasteiger partial charge in [0.15, 0.2) is 0 Å². The molecule has 2 rings (SSSR count). The Labute approximate surface area is 102 Å². The summed E-state index contributed by atoms with van der Waals surface area (Å²) >= 11 is 0. The van der Waals surface area contributed by atoms with Gasteiger partial charge in [0.1, 0.15) is 6.04 Å². The lowest BCUT2D eigenvalue weighted by Gasteiger charge is -2.11. The number of fused-ring (bicyclic) bond motifs is 1. The summed E-state index contributed by atoms with van der Waals surface area (Å²) in [7, 11) is 0. The number of rotatable bonds is 4. The highest BCUT2D eigenvalue weighted by Crippen LogP contribution is 2.24. The van der Waals surface area contributed by atoms with E-state index in [0.717, 1.165) is 18.5 Å². The van der Waals surface area contributed by atoms with Crippen molar-refractivity contribution in [3.63, 3.8) is 0 Å². The number of carbonyl (C=O) groups is 1. The molecule has 0 bridgehead atoms. The number of amides is 1. The molecule has 1 amide bonds. The van der Waals surface area contributed by atoms with E-state index >= 15 is 0 Å². The molecule has 0 aliphatic carbocycles. The van der Waals surface area contributed by atoms with Crippen LogP contribution in [-0.4, -0.2) is 18.5 Å². The van der Waals surface area contributed by atoms with Crippen LogP contribution in [0, 0.1) is 0 Å². The summed E-state index contributed by atoms with van der Waals surface area (Å²) in [5.41, 5.74) is 2.31. The van der Waals surface area contributed by atoms with E-state index in [4.69, 9.17) is 0 Å². The van der Waals surface area contributed by atoms with Crippen molar-refractivity contribution < 1.29 is 4.79 Å². The van der Waals surface area contributed by atoms with Crippen LogP contribution in [0.3, 0.4) is 0 Å². The number of carbonyl (C=O) groups excluding carboxylic acids is 1. The second-order valence-electron chi connectivity index (χ2n) is 4.21. The summed E-state index contributed by atoms with van der Waals surface area (Å²) in [6.45, 7) is 2.69. The second kappa shape index (κ2) is 5.53. The van der Waals surface area contributed by atoms with Crippen molar-refractivity contribution in [3.8, 4) is 0 Å². The monoisotopic (exact) mass is 230 g/mol. The van der Waals surface area contributed by atoms with Crippen molar-refractivity contribution in [1.82, 2.24) is 5.32 Å². The quantitative estimate of drug-likeness (QED) is 0.614. The van der Waals surface area contributed by atoms with Crippen LogP contribution < -0.4 is 10.6 Å². The molecule has 0 fully saturated rings. The van der Waals surface area contributed by atoms with Gasteiger partial charge in [0, 0.05) is 18.7 Å².